The van der Waals surface area contributed by atoms with Crippen molar-refractivity contribution < 1.29 is 14.3 Å². The molecule has 1 amide bonds. The summed E-state index contributed by atoms with van der Waals surface area (Å²) in [5.74, 6) is 1.73. The van der Waals surface area contributed by atoms with E-state index in [1.165, 1.54) is 0 Å². The second-order valence-electron chi connectivity index (χ2n) is 7.06. The van der Waals surface area contributed by atoms with Crippen molar-refractivity contribution in [3.63, 3.8) is 0 Å². The van der Waals surface area contributed by atoms with Crippen molar-refractivity contribution in [2.24, 2.45) is 0 Å². The van der Waals surface area contributed by atoms with Crippen molar-refractivity contribution in [1.29, 1.82) is 0 Å². The first-order chi connectivity index (χ1) is 13.6. The lowest BCUT2D eigenvalue weighted by Crippen LogP contribution is -2.49. The van der Waals surface area contributed by atoms with Gasteiger partial charge in [0.1, 0.15) is 18.1 Å². The summed E-state index contributed by atoms with van der Waals surface area (Å²) < 4.78 is 10.9. The molecule has 6 heteroatoms. The molecule has 1 aliphatic heterocycles. The maximum absolute atomic E-state index is 12.3. The fourth-order valence-electron chi connectivity index (χ4n) is 3.26. The van der Waals surface area contributed by atoms with E-state index in [1.807, 2.05) is 55.5 Å². The molecule has 0 aromatic heterocycles. The topological polar surface area (TPSA) is 54.0 Å². The van der Waals surface area contributed by atoms with Crippen LogP contribution >= 0.6 is 0 Å². The zero-order chi connectivity index (χ0) is 19.8. The van der Waals surface area contributed by atoms with Gasteiger partial charge in [0.05, 0.1) is 13.7 Å². The molecule has 0 aliphatic carbocycles. The lowest BCUT2D eigenvalue weighted by Gasteiger charge is -2.34. The molecule has 1 saturated heterocycles. The van der Waals surface area contributed by atoms with Crippen molar-refractivity contribution in [1.82, 2.24) is 9.80 Å². The van der Waals surface area contributed by atoms with Gasteiger partial charge in [-0.15, -0.1) is 0 Å². The second kappa shape index (κ2) is 10.1. The number of piperazine rings is 1. The number of hydrogen-bond donors (Lipinski definition) is 1. The molecule has 2 aromatic carbocycles. The fourth-order valence-corrected chi connectivity index (χ4v) is 3.26. The number of rotatable bonds is 8. The molecule has 0 spiro atoms. The molecular formula is C22H29N3O3. The number of nitrogens with zero attached hydrogens (tertiary/aromatic N) is 2. The monoisotopic (exact) mass is 383 g/mol. The summed E-state index contributed by atoms with van der Waals surface area (Å²) in [6.45, 7) is 7.67. The highest BCUT2D eigenvalue weighted by Gasteiger charge is 2.18. The molecule has 1 heterocycles. The van der Waals surface area contributed by atoms with Crippen LogP contribution in [-0.2, 0) is 4.79 Å². The maximum atomic E-state index is 12.3. The number of benzene rings is 2. The van der Waals surface area contributed by atoms with Crippen LogP contribution in [0.2, 0.25) is 0 Å². The van der Waals surface area contributed by atoms with Gasteiger partial charge in [0.15, 0.2) is 0 Å². The highest BCUT2D eigenvalue weighted by Crippen LogP contribution is 2.17. The van der Waals surface area contributed by atoms with E-state index in [0.717, 1.165) is 55.5 Å². The van der Waals surface area contributed by atoms with E-state index in [-0.39, 0.29) is 5.91 Å². The summed E-state index contributed by atoms with van der Waals surface area (Å²) >= 11 is 0. The minimum atomic E-state index is 0.0434. The van der Waals surface area contributed by atoms with E-state index in [1.54, 1.807) is 7.11 Å². The molecule has 150 valence electrons. The Hall–Kier alpha value is -2.57. The van der Waals surface area contributed by atoms with Gasteiger partial charge in [-0.1, -0.05) is 12.1 Å². The van der Waals surface area contributed by atoms with E-state index in [2.05, 4.69) is 15.1 Å². The minimum absolute atomic E-state index is 0.0434. The first kappa shape index (κ1) is 20.2. The number of aryl methyl sites for hydroxylation is 1. The van der Waals surface area contributed by atoms with Gasteiger partial charge in [-0.25, -0.2) is 0 Å². The molecular weight excluding hydrogens is 354 g/mol. The maximum Gasteiger partial charge on any atom is 0.238 e. The first-order valence-electron chi connectivity index (χ1n) is 9.70. The van der Waals surface area contributed by atoms with Gasteiger partial charge in [0.2, 0.25) is 5.91 Å². The summed E-state index contributed by atoms with van der Waals surface area (Å²) in [6, 6.07) is 15.5. The van der Waals surface area contributed by atoms with Crippen LogP contribution in [0.4, 0.5) is 5.69 Å². The van der Waals surface area contributed by atoms with Crippen LogP contribution in [0.3, 0.4) is 0 Å². The molecule has 0 unspecified atom stereocenters. The average molecular weight is 383 g/mol. The molecule has 6 nitrogen and oxygen atoms in total. The number of anilines is 1. The average Bonchev–Trinajstić information content (AvgIpc) is 2.70. The third-order valence-electron chi connectivity index (χ3n) is 4.87. The third-order valence-corrected chi connectivity index (χ3v) is 4.87. The van der Waals surface area contributed by atoms with Crippen LogP contribution in [-0.4, -0.2) is 68.7 Å². The smallest absolute Gasteiger partial charge is 0.238 e. The third kappa shape index (κ3) is 6.25. The van der Waals surface area contributed by atoms with Crippen LogP contribution < -0.4 is 14.8 Å². The summed E-state index contributed by atoms with van der Waals surface area (Å²) in [5, 5.41) is 2.98. The van der Waals surface area contributed by atoms with E-state index in [4.69, 9.17) is 9.47 Å². The number of nitrogens with one attached hydrogen (secondary N) is 1. The van der Waals surface area contributed by atoms with Gasteiger partial charge in [-0.05, 0) is 48.9 Å². The Labute approximate surface area is 167 Å². The van der Waals surface area contributed by atoms with Crippen LogP contribution in [0.5, 0.6) is 11.5 Å². The SMILES string of the molecule is COc1ccc(OCCN2CCN(CC(=O)Nc3cccc(C)c3)CC2)cc1. The van der Waals surface area contributed by atoms with E-state index < -0.39 is 0 Å². The molecule has 0 bridgehead atoms. The molecule has 1 aliphatic rings. The summed E-state index contributed by atoms with van der Waals surface area (Å²) in [4.78, 5) is 16.8. The summed E-state index contributed by atoms with van der Waals surface area (Å²) in [6.07, 6.45) is 0. The molecule has 28 heavy (non-hydrogen) atoms. The Morgan fingerprint density at radius 3 is 2.36 bits per heavy atom. The van der Waals surface area contributed by atoms with Crippen LogP contribution in [0, 0.1) is 6.92 Å². The highest BCUT2D eigenvalue weighted by atomic mass is 16.5. The molecule has 0 atom stereocenters. The van der Waals surface area contributed by atoms with Crippen LogP contribution in [0.25, 0.3) is 0 Å². The van der Waals surface area contributed by atoms with Crippen molar-refractivity contribution >= 4 is 11.6 Å². The Bertz CT molecular complexity index is 756. The van der Waals surface area contributed by atoms with Gasteiger partial charge >= 0.3 is 0 Å². The van der Waals surface area contributed by atoms with Crippen LogP contribution in [0.15, 0.2) is 48.5 Å². The summed E-state index contributed by atoms with van der Waals surface area (Å²) in [7, 11) is 1.65. The number of amides is 1. The molecule has 3 rings (SSSR count). The predicted octanol–water partition coefficient (Wildman–Crippen LogP) is 2.64. The number of carbonyl (C=O) groups is 1. The zero-order valence-corrected chi connectivity index (χ0v) is 16.7. The normalized spacial score (nSPS) is 15.2. The van der Waals surface area contributed by atoms with E-state index in [0.29, 0.717) is 13.2 Å². The first-order valence-corrected chi connectivity index (χ1v) is 9.70. The fraction of sp³-hybridized carbons (Fsp3) is 0.409. The van der Waals surface area contributed by atoms with Gasteiger partial charge < -0.3 is 14.8 Å². The van der Waals surface area contributed by atoms with Gasteiger partial charge in [0.25, 0.3) is 0 Å². The molecule has 1 fully saturated rings. The number of methoxy groups -OCH3 is 1. The van der Waals surface area contributed by atoms with Crippen molar-refractivity contribution in [3.05, 3.63) is 54.1 Å². The van der Waals surface area contributed by atoms with Gasteiger partial charge in [0, 0.05) is 38.4 Å². The predicted molar refractivity (Wildman–Crippen MR) is 111 cm³/mol. The standard InChI is InChI=1S/C22H29N3O3/c1-18-4-3-5-19(16-18)23-22(26)17-25-12-10-24(11-13-25)14-15-28-21-8-6-20(27-2)7-9-21/h3-9,16H,10-15,17H2,1-2H3,(H,23,26). The van der Waals surface area contributed by atoms with E-state index >= 15 is 0 Å². The second-order valence-corrected chi connectivity index (χ2v) is 7.06. The molecule has 2 aromatic rings. The molecule has 0 saturated carbocycles. The van der Waals surface area contributed by atoms with Crippen molar-refractivity contribution in [2.45, 2.75) is 6.92 Å². The minimum Gasteiger partial charge on any atom is -0.497 e. The lowest BCUT2D eigenvalue weighted by atomic mass is 10.2. The summed E-state index contributed by atoms with van der Waals surface area (Å²) in [5.41, 5.74) is 2.00. The number of carbonyl (C=O) groups excluding carboxylic acids is 1. The number of hydrogen-bond acceptors (Lipinski definition) is 5. The Balaban J connectivity index is 1.33. The quantitative estimate of drug-likeness (QED) is 0.760. The zero-order valence-electron chi connectivity index (χ0n) is 16.7. The van der Waals surface area contributed by atoms with Crippen molar-refractivity contribution in [3.8, 4) is 11.5 Å². The number of ether oxygens (including phenoxy) is 2. The largest absolute Gasteiger partial charge is 0.497 e. The van der Waals surface area contributed by atoms with E-state index in [9.17, 15) is 4.79 Å². The van der Waals surface area contributed by atoms with Crippen LogP contribution in [0.1, 0.15) is 5.56 Å². The molecule has 1 N–H and O–H groups in total. The Kier molecular flexibility index (Phi) is 7.28. The lowest BCUT2D eigenvalue weighted by molar-refractivity contribution is -0.117. The Morgan fingerprint density at radius 1 is 1.00 bits per heavy atom. The molecule has 0 radical (unpaired) electrons. The van der Waals surface area contributed by atoms with Crippen molar-refractivity contribution in [2.75, 3.05) is 58.3 Å². The highest BCUT2D eigenvalue weighted by molar-refractivity contribution is 5.92. The Morgan fingerprint density at radius 2 is 1.68 bits per heavy atom. The van der Waals surface area contributed by atoms with Gasteiger partial charge in [-0.2, -0.15) is 0 Å². The van der Waals surface area contributed by atoms with Gasteiger partial charge in [-0.3, -0.25) is 14.6 Å².